The van der Waals surface area contributed by atoms with Gasteiger partial charge in [0, 0.05) is 31.7 Å². The molecule has 0 aliphatic carbocycles. The summed E-state index contributed by atoms with van der Waals surface area (Å²) in [5.41, 5.74) is 1.45. The first kappa shape index (κ1) is 15.5. The second kappa shape index (κ2) is 7.80. The van der Waals surface area contributed by atoms with Gasteiger partial charge in [-0.25, -0.2) is 0 Å². The molecule has 2 unspecified atom stereocenters. The van der Waals surface area contributed by atoms with Gasteiger partial charge in [0.2, 0.25) is 0 Å². The molecule has 0 bridgehead atoms. The maximum absolute atomic E-state index is 3.71. The molecule has 1 aliphatic heterocycles. The van der Waals surface area contributed by atoms with Crippen molar-refractivity contribution in [2.24, 2.45) is 5.92 Å². The monoisotopic (exact) mass is 274 g/mol. The SMILES string of the molecule is CCC(CC)CN1CC(Cc2ccccc2)NCC1C. The fourth-order valence-corrected chi connectivity index (χ4v) is 3.16. The minimum Gasteiger partial charge on any atom is -0.311 e. The zero-order valence-corrected chi connectivity index (χ0v) is 13.3. The molecule has 2 heteroatoms. The van der Waals surface area contributed by atoms with Crippen LogP contribution in [0.4, 0.5) is 0 Å². The highest BCUT2D eigenvalue weighted by atomic mass is 15.2. The van der Waals surface area contributed by atoms with Gasteiger partial charge in [0.1, 0.15) is 0 Å². The van der Waals surface area contributed by atoms with E-state index in [-0.39, 0.29) is 0 Å². The van der Waals surface area contributed by atoms with Crippen molar-refractivity contribution < 1.29 is 0 Å². The lowest BCUT2D eigenvalue weighted by Crippen LogP contribution is -2.56. The summed E-state index contributed by atoms with van der Waals surface area (Å²) in [5, 5.41) is 3.71. The van der Waals surface area contributed by atoms with Gasteiger partial charge in [0.25, 0.3) is 0 Å². The van der Waals surface area contributed by atoms with Crippen molar-refractivity contribution in [2.75, 3.05) is 19.6 Å². The van der Waals surface area contributed by atoms with Gasteiger partial charge in [-0.3, -0.25) is 4.90 Å². The molecular formula is C18H30N2. The smallest absolute Gasteiger partial charge is 0.0236 e. The molecule has 0 saturated carbocycles. The largest absolute Gasteiger partial charge is 0.311 e. The molecule has 0 spiro atoms. The van der Waals surface area contributed by atoms with Crippen LogP contribution in [0.15, 0.2) is 30.3 Å². The molecule has 0 radical (unpaired) electrons. The van der Waals surface area contributed by atoms with Crippen molar-refractivity contribution in [3.8, 4) is 0 Å². The molecule has 2 nitrogen and oxygen atoms in total. The Labute approximate surface area is 124 Å². The van der Waals surface area contributed by atoms with Gasteiger partial charge < -0.3 is 5.32 Å². The van der Waals surface area contributed by atoms with E-state index in [1.807, 2.05) is 0 Å². The van der Waals surface area contributed by atoms with Crippen molar-refractivity contribution in [1.29, 1.82) is 0 Å². The third-order valence-corrected chi connectivity index (χ3v) is 4.75. The molecule has 1 N–H and O–H groups in total. The Bertz CT molecular complexity index is 372. The van der Waals surface area contributed by atoms with Crippen LogP contribution in [-0.2, 0) is 6.42 Å². The Balaban J connectivity index is 1.90. The second-order valence-electron chi connectivity index (χ2n) is 6.28. The quantitative estimate of drug-likeness (QED) is 0.856. The van der Waals surface area contributed by atoms with E-state index >= 15 is 0 Å². The van der Waals surface area contributed by atoms with Gasteiger partial charge in [-0.15, -0.1) is 0 Å². The van der Waals surface area contributed by atoms with Crippen molar-refractivity contribution in [3.63, 3.8) is 0 Å². The first-order valence-corrected chi connectivity index (χ1v) is 8.24. The van der Waals surface area contributed by atoms with Gasteiger partial charge in [-0.05, 0) is 24.8 Å². The summed E-state index contributed by atoms with van der Waals surface area (Å²) in [6, 6.07) is 12.1. The minimum absolute atomic E-state index is 0.600. The van der Waals surface area contributed by atoms with Gasteiger partial charge >= 0.3 is 0 Å². The molecule has 1 fully saturated rings. The predicted octanol–water partition coefficient (Wildman–Crippen LogP) is 3.33. The average Bonchev–Trinajstić information content (AvgIpc) is 2.49. The molecule has 1 heterocycles. The van der Waals surface area contributed by atoms with E-state index in [1.165, 1.54) is 31.5 Å². The number of hydrogen-bond acceptors (Lipinski definition) is 2. The maximum atomic E-state index is 3.71. The average molecular weight is 274 g/mol. The third-order valence-electron chi connectivity index (χ3n) is 4.75. The van der Waals surface area contributed by atoms with Crippen molar-refractivity contribution in [1.82, 2.24) is 10.2 Å². The Morgan fingerprint density at radius 3 is 2.55 bits per heavy atom. The molecule has 1 aromatic rings. The molecule has 112 valence electrons. The zero-order valence-electron chi connectivity index (χ0n) is 13.3. The Hall–Kier alpha value is -0.860. The molecule has 2 rings (SSSR count). The van der Waals surface area contributed by atoms with Crippen LogP contribution >= 0.6 is 0 Å². The first-order valence-electron chi connectivity index (χ1n) is 8.24. The number of hydrogen-bond donors (Lipinski definition) is 1. The van der Waals surface area contributed by atoms with E-state index in [2.05, 4.69) is 61.3 Å². The van der Waals surface area contributed by atoms with Gasteiger partial charge in [0.15, 0.2) is 0 Å². The molecule has 1 aromatic carbocycles. The molecule has 2 atom stereocenters. The highest BCUT2D eigenvalue weighted by molar-refractivity contribution is 5.16. The van der Waals surface area contributed by atoms with Crippen LogP contribution in [-0.4, -0.2) is 36.6 Å². The van der Waals surface area contributed by atoms with Crippen molar-refractivity contribution >= 4 is 0 Å². The van der Waals surface area contributed by atoms with E-state index in [0.29, 0.717) is 12.1 Å². The number of piperazine rings is 1. The zero-order chi connectivity index (χ0) is 14.4. The number of nitrogens with one attached hydrogen (secondary N) is 1. The third kappa shape index (κ3) is 4.32. The summed E-state index contributed by atoms with van der Waals surface area (Å²) in [7, 11) is 0. The number of benzene rings is 1. The highest BCUT2D eigenvalue weighted by Gasteiger charge is 2.26. The second-order valence-corrected chi connectivity index (χ2v) is 6.28. The van der Waals surface area contributed by atoms with E-state index in [0.717, 1.165) is 18.9 Å². The van der Waals surface area contributed by atoms with Crippen LogP contribution < -0.4 is 5.32 Å². The molecular weight excluding hydrogens is 244 g/mol. The summed E-state index contributed by atoms with van der Waals surface area (Å²) in [6.07, 6.45) is 3.75. The van der Waals surface area contributed by atoms with Gasteiger partial charge in [0.05, 0.1) is 0 Å². The van der Waals surface area contributed by atoms with Crippen LogP contribution in [0.1, 0.15) is 39.2 Å². The van der Waals surface area contributed by atoms with E-state index in [4.69, 9.17) is 0 Å². The molecule has 0 aromatic heterocycles. The lowest BCUT2D eigenvalue weighted by atomic mass is 9.98. The Morgan fingerprint density at radius 1 is 1.20 bits per heavy atom. The van der Waals surface area contributed by atoms with Crippen LogP contribution in [0, 0.1) is 5.92 Å². The summed E-state index contributed by atoms with van der Waals surface area (Å²) in [5.74, 6) is 0.855. The molecule has 1 saturated heterocycles. The van der Waals surface area contributed by atoms with E-state index in [9.17, 15) is 0 Å². The lowest BCUT2D eigenvalue weighted by molar-refractivity contribution is 0.117. The lowest BCUT2D eigenvalue weighted by Gasteiger charge is -2.40. The van der Waals surface area contributed by atoms with Gasteiger partial charge in [-0.1, -0.05) is 57.0 Å². The Morgan fingerprint density at radius 2 is 1.90 bits per heavy atom. The summed E-state index contributed by atoms with van der Waals surface area (Å²) < 4.78 is 0. The fourth-order valence-electron chi connectivity index (χ4n) is 3.16. The molecule has 0 amide bonds. The summed E-state index contributed by atoms with van der Waals surface area (Å²) in [4.78, 5) is 2.70. The van der Waals surface area contributed by atoms with Crippen molar-refractivity contribution in [3.05, 3.63) is 35.9 Å². The summed E-state index contributed by atoms with van der Waals surface area (Å²) >= 11 is 0. The topological polar surface area (TPSA) is 15.3 Å². The van der Waals surface area contributed by atoms with E-state index in [1.54, 1.807) is 0 Å². The first-order chi connectivity index (χ1) is 9.72. The van der Waals surface area contributed by atoms with Crippen LogP contribution in [0.25, 0.3) is 0 Å². The molecule has 20 heavy (non-hydrogen) atoms. The minimum atomic E-state index is 0.600. The molecule has 1 aliphatic rings. The van der Waals surface area contributed by atoms with Crippen molar-refractivity contribution in [2.45, 2.75) is 52.1 Å². The highest BCUT2D eigenvalue weighted by Crippen LogP contribution is 2.16. The standard InChI is InChI=1S/C18H30N2/c1-4-16(5-2)13-20-14-18(19-12-15(20)3)11-17-9-7-6-8-10-17/h6-10,15-16,18-19H,4-5,11-14H2,1-3H3. The van der Waals surface area contributed by atoms with Crippen LogP contribution in [0.3, 0.4) is 0 Å². The number of rotatable bonds is 6. The normalized spacial score (nSPS) is 24.2. The summed E-state index contributed by atoms with van der Waals surface area (Å²) in [6.45, 7) is 10.6. The predicted molar refractivity (Wildman–Crippen MR) is 87.0 cm³/mol. The van der Waals surface area contributed by atoms with Gasteiger partial charge in [-0.2, -0.15) is 0 Å². The van der Waals surface area contributed by atoms with Crippen LogP contribution in [0.2, 0.25) is 0 Å². The number of nitrogens with zero attached hydrogens (tertiary/aromatic N) is 1. The maximum Gasteiger partial charge on any atom is 0.0236 e. The van der Waals surface area contributed by atoms with Crippen LogP contribution in [0.5, 0.6) is 0 Å². The van der Waals surface area contributed by atoms with E-state index < -0.39 is 0 Å². The Kier molecular flexibility index (Phi) is 6.06. The fraction of sp³-hybridized carbons (Fsp3) is 0.667.